The maximum Gasteiger partial charge on any atom is 0.164 e. The Kier molecular flexibility index (Phi) is 6.64. The van der Waals surface area contributed by atoms with Crippen molar-refractivity contribution < 1.29 is 0 Å². The lowest BCUT2D eigenvalue weighted by atomic mass is 9.75. The maximum atomic E-state index is 5.26. The van der Waals surface area contributed by atoms with E-state index in [0.717, 1.165) is 35.4 Å². The molecule has 0 spiro atoms. The number of benzene rings is 5. The molecule has 0 amide bonds. The minimum atomic E-state index is 0.0735. The molecule has 0 bridgehead atoms. The maximum absolute atomic E-state index is 5.26. The van der Waals surface area contributed by atoms with Crippen LogP contribution < -0.4 is 10.7 Å². The fraction of sp³-hybridized carbons (Fsp3) is 0.0851. The predicted octanol–water partition coefficient (Wildman–Crippen LogP) is 10.1. The molecule has 52 heavy (non-hydrogen) atoms. The number of hydrogen-bond donors (Lipinski definition) is 0. The van der Waals surface area contributed by atoms with Gasteiger partial charge in [-0.2, -0.15) is 0 Å². The summed E-state index contributed by atoms with van der Waals surface area (Å²) in [4.78, 5) is 15.6. The molecule has 11 rings (SSSR count). The molecular weight excluding hydrogens is 653 g/mol. The SMILES string of the molecule is C1=C(c2nc(-c3ccccc3)nc(-c3ccccc3)n2)C2=CC(c3ccccc3)C=c3c2c2c(n3-c3cccc4c3sc3ccccc34)=CCCC12. The van der Waals surface area contributed by atoms with E-state index in [2.05, 4.69) is 126 Å². The predicted molar refractivity (Wildman–Crippen MR) is 215 cm³/mol. The van der Waals surface area contributed by atoms with E-state index in [0.29, 0.717) is 11.6 Å². The Morgan fingerprint density at radius 3 is 1.96 bits per heavy atom. The smallest absolute Gasteiger partial charge is 0.164 e. The van der Waals surface area contributed by atoms with Crippen LogP contribution in [0.4, 0.5) is 0 Å². The molecule has 0 saturated heterocycles. The van der Waals surface area contributed by atoms with Crippen LogP contribution in [0.2, 0.25) is 0 Å². The third-order valence-electron chi connectivity index (χ3n) is 10.8. The lowest BCUT2D eigenvalue weighted by molar-refractivity contribution is 0.731. The third kappa shape index (κ3) is 4.56. The zero-order valence-corrected chi connectivity index (χ0v) is 29.1. The monoisotopic (exact) mass is 684 g/mol. The molecule has 246 valence electrons. The second-order valence-corrected chi connectivity index (χ2v) is 14.9. The van der Waals surface area contributed by atoms with Gasteiger partial charge in [-0.05, 0) is 47.8 Å². The van der Waals surface area contributed by atoms with E-state index in [1.165, 1.54) is 58.8 Å². The highest BCUT2D eigenvalue weighted by Crippen LogP contribution is 2.46. The van der Waals surface area contributed by atoms with Crippen LogP contribution in [0, 0.1) is 0 Å². The van der Waals surface area contributed by atoms with Crippen molar-refractivity contribution in [1.82, 2.24) is 19.5 Å². The lowest BCUT2D eigenvalue weighted by Crippen LogP contribution is -2.28. The lowest BCUT2D eigenvalue weighted by Gasteiger charge is -2.28. The number of thiophene rings is 1. The van der Waals surface area contributed by atoms with Crippen LogP contribution in [0.15, 0.2) is 146 Å². The highest BCUT2D eigenvalue weighted by Gasteiger charge is 2.36. The van der Waals surface area contributed by atoms with Crippen molar-refractivity contribution in [3.63, 3.8) is 0 Å². The molecule has 5 heteroatoms. The van der Waals surface area contributed by atoms with Crippen molar-refractivity contribution in [1.29, 1.82) is 0 Å². The van der Waals surface area contributed by atoms with Gasteiger partial charge in [-0.1, -0.05) is 140 Å². The number of hydrogen-bond acceptors (Lipinski definition) is 4. The van der Waals surface area contributed by atoms with E-state index in [1.54, 1.807) is 0 Å². The van der Waals surface area contributed by atoms with Crippen molar-refractivity contribution in [2.45, 2.75) is 24.7 Å². The van der Waals surface area contributed by atoms with Gasteiger partial charge in [0.15, 0.2) is 17.5 Å². The zero-order valence-electron chi connectivity index (χ0n) is 28.3. The molecule has 0 aliphatic heterocycles. The van der Waals surface area contributed by atoms with E-state index in [1.807, 2.05) is 47.7 Å². The molecule has 5 aromatic carbocycles. The third-order valence-corrected chi connectivity index (χ3v) is 12.0. The Hall–Kier alpha value is -6.17. The van der Waals surface area contributed by atoms with Crippen LogP contribution in [0.5, 0.6) is 0 Å². The van der Waals surface area contributed by atoms with E-state index < -0.39 is 0 Å². The molecule has 3 heterocycles. The van der Waals surface area contributed by atoms with E-state index in [4.69, 9.17) is 15.0 Å². The fourth-order valence-electron chi connectivity index (χ4n) is 8.51. The molecule has 3 aromatic heterocycles. The second kappa shape index (κ2) is 11.7. The number of rotatable bonds is 5. The van der Waals surface area contributed by atoms with Crippen LogP contribution in [0.3, 0.4) is 0 Å². The Morgan fingerprint density at radius 1 is 0.558 bits per heavy atom. The van der Waals surface area contributed by atoms with E-state index >= 15 is 0 Å². The molecule has 0 saturated carbocycles. The average Bonchev–Trinajstić information content (AvgIpc) is 3.77. The molecule has 0 N–H and O–H groups in total. The topological polar surface area (TPSA) is 43.6 Å². The fourth-order valence-corrected chi connectivity index (χ4v) is 9.72. The van der Waals surface area contributed by atoms with Crippen LogP contribution in [0.25, 0.3) is 71.9 Å². The molecular formula is C47H32N4S. The van der Waals surface area contributed by atoms with Crippen LogP contribution in [-0.4, -0.2) is 19.5 Å². The highest BCUT2D eigenvalue weighted by molar-refractivity contribution is 7.26. The Bertz CT molecular complexity index is 2840. The first-order chi connectivity index (χ1) is 25.8. The first kappa shape index (κ1) is 29.5. The van der Waals surface area contributed by atoms with E-state index in [-0.39, 0.29) is 11.8 Å². The first-order valence-corrected chi connectivity index (χ1v) is 18.8. The Balaban J connectivity index is 1.20. The number of aromatic nitrogens is 4. The quantitative estimate of drug-likeness (QED) is 0.181. The largest absolute Gasteiger partial charge is 0.309 e. The van der Waals surface area contributed by atoms with Gasteiger partial charge in [0, 0.05) is 54.9 Å². The summed E-state index contributed by atoms with van der Waals surface area (Å²) >= 11 is 1.90. The minimum Gasteiger partial charge on any atom is -0.309 e. The molecule has 4 nitrogen and oxygen atoms in total. The van der Waals surface area contributed by atoms with Gasteiger partial charge < -0.3 is 4.57 Å². The number of nitrogens with zero attached hydrogens (tertiary/aromatic N) is 4. The van der Waals surface area contributed by atoms with Gasteiger partial charge >= 0.3 is 0 Å². The molecule has 3 aliphatic carbocycles. The zero-order chi connectivity index (χ0) is 34.2. The van der Waals surface area contributed by atoms with Crippen molar-refractivity contribution in [3.8, 4) is 28.5 Å². The molecule has 2 unspecified atom stereocenters. The normalized spacial score (nSPS) is 17.2. The van der Waals surface area contributed by atoms with Gasteiger partial charge in [0.1, 0.15) is 0 Å². The molecule has 8 aromatic rings. The molecule has 0 fully saturated rings. The number of allylic oxidation sites excluding steroid dienone is 4. The van der Waals surface area contributed by atoms with Crippen molar-refractivity contribution in [2.75, 3.05) is 0 Å². The Labute approximate surface area is 305 Å². The summed E-state index contributed by atoms with van der Waals surface area (Å²) in [5, 5.41) is 5.21. The summed E-state index contributed by atoms with van der Waals surface area (Å²) in [5.74, 6) is 2.42. The standard InChI is InChI=1S/C47H32N4S/c1-4-14-29(15-5-1)33-27-36-37(47-49-45(30-16-6-2-7-17-30)48-46(50-47)31-18-8-3-9-19-31)26-32-20-12-23-38-42(32)43(36)40(28-33)51(38)39-24-13-22-35-34-21-10-11-25-41(34)52-44(35)39/h1-11,13-19,21-28,32-33H,12,20H2. The van der Waals surface area contributed by atoms with Crippen LogP contribution >= 0.6 is 11.3 Å². The summed E-state index contributed by atoms with van der Waals surface area (Å²) in [6.07, 6.45) is 11.9. The van der Waals surface area contributed by atoms with Crippen molar-refractivity contribution >= 4 is 54.8 Å². The summed E-state index contributed by atoms with van der Waals surface area (Å²) < 4.78 is 5.22. The van der Waals surface area contributed by atoms with Crippen molar-refractivity contribution in [3.05, 3.63) is 179 Å². The summed E-state index contributed by atoms with van der Waals surface area (Å²) in [7, 11) is 0. The summed E-state index contributed by atoms with van der Waals surface area (Å²) in [5.41, 5.74) is 9.52. The first-order valence-electron chi connectivity index (χ1n) is 18.0. The van der Waals surface area contributed by atoms with Gasteiger partial charge in [-0.3, -0.25) is 0 Å². The van der Waals surface area contributed by atoms with Crippen molar-refractivity contribution in [2.24, 2.45) is 0 Å². The molecule has 0 radical (unpaired) electrons. The molecule has 3 aliphatic rings. The molecule has 2 atom stereocenters. The van der Waals surface area contributed by atoms with Gasteiger partial charge in [0.2, 0.25) is 0 Å². The van der Waals surface area contributed by atoms with Gasteiger partial charge in [-0.25, -0.2) is 15.0 Å². The average molecular weight is 685 g/mol. The van der Waals surface area contributed by atoms with Gasteiger partial charge in [0.25, 0.3) is 0 Å². The van der Waals surface area contributed by atoms with Crippen LogP contribution in [-0.2, 0) is 0 Å². The van der Waals surface area contributed by atoms with Gasteiger partial charge in [-0.15, -0.1) is 11.3 Å². The minimum absolute atomic E-state index is 0.0735. The Morgan fingerprint density at radius 2 is 1.21 bits per heavy atom. The van der Waals surface area contributed by atoms with Gasteiger partial charge in [0.05, 0.1) is 15.7 Å². The summed E-state index contributed by atoms with van der Waals surface area (Å²) in [6, 6.07) is 47.1. The summed E-state index contributed by atoms with van der Waals surface area (Å²) in [6.45, 7) is 0. The highest BCUT2D eigenvalue weighted by atomic mass is 32.1. The second-order valence-electron chi connectivity index (χ2n) is 13.8. The van der Waals surface area contributed by atoms with E-state index in [9.17, 15) is 0 Å². The number of fused-ring (bicyclic) bond motifs is 3. The van der Waals surface area contributed by atoms with Crippen LogP contribution in [0.1, 0.15) is 47.2 Å².